The molecular weight excluding hydrogens is 818 g/mol. The second-order valence-corrected chi connectivity index (χ2v) is 18.6. The van der Waals surface area contributed by atoms with Crippen molar-refractivity contribution in [1.82, 2.24) is 9.78 Å². The van der Waals surface area contributed by atoms with Gasteiger partial charge in [-0.3, -0.25) is 28.8 Å². The lowest BCUT2D eigenvalue weighted by Crippen LogP contribution is -2.49. The van der Waals surface area contributed by atoms with Gasteiger partial charge in [-0.25, -0.2) is 4.90 Å². The Hall–Kier alpha value is -6.56. The first-order valence-corrected chi connectivity index (χ1v) is 22.0. The maximum atomic E-state index is 15.4. The fourth-order valence-electron chi connectivity index (χ4n) is 11.0. The smallest absolute Gasteiger partial charge is 0.242 e. The Balaban J connectivity index is 1.00. The third kappa shape index (κ3) is 5.50. The Labute approximate surface area is 366 Å². The Morgan fingerprint density at radius 3 is 2.29 bits per heavy atom. The minimum Gasteiger partial charge on any atom is -0.507 e. The van der Waals surface area contributed by atoms with Gasteiger partial charge in [0.05, 0.1) is 33.7 Å². The van der Waals surface area contributed by atoms with Crippen LogP contribution in [0.15, 0.2) is 127 Å². The van der Waals surface area contributed by atoms with Crippen molar-refractivity contribution >= 4 is 90.3 Å². The number of aryl methyl sites for hydroxylation is 2. The molecule has 10 nitrogen and oxygen atoms in total. The van der Waals surface area contributed by atoms with Gasteiger partial charge in [0.2, 0.25) is 23.6 Å². The normalized spacial score (nSPS) is 24.5. The number of imide groups is 2. The quantitative estimate of drug-likeness (QED) is 0.126. The molecule has 1 saturated carbocycles. The number of aromatic hydroxyl groups is 1. The van der Waals surface area contributed by atoms with Gasteiger partial charge in [-0.1, -0.05) is 71.8 Å². The van der Waals surface area contributed by atoms with Gasteiger partial charge in [0.25, 0.3) is 0 Å². The van der Waals surface area contributed by atoms with Crippen LogP contribution < -0.4 is 15.1 Å². The maximum Gasteiger partial charge on any atom is 0.242 e. The molecular formula is C50H40ClN5O5S. The van der Waals surface area contributed by atoms with Crippen LogP contribution in [0.1, 0.15) is 36.8 Å². The predicted molar refractivity (Wildman–Crippen MR) is 243 cm³/mol. The number of hydrogen-bond acceptors (Lipinski definition) is 8. The number of nitrogens with one attached hydrogen (secondary N) is 1. The van der Waals surface area contributed by atoms with E-state index in [1.165, 1.54) is 9.80 Å². The van der Waals surface area contributed by atoms with Gasteiger partial charge < -0.3 is 10.4 Å². The zero-order valence-electron chi connectivity index (χ0n) is 34.0. The van der Waals surface area contributed by atoms with Gasteiger partial charge in [-0.15, -0.1) is 11.3 Å². The first kappa shape index (κ1) is 38.4. The van der Waals surface area contributed by atoms with Crippen molar-refractivity contribution in [2.75, 3.05) is 15.1 Å². The van der Waals surface area contributed by atoms with Crippen LogP contribution in [0.25, 0.3) is 31.4 Å². The van der Waals surface area contributed by atoms with Gasteiger partial charge in [-0.2, -0.15) is 5.10 Å². The molecule has 6 atom stereocenters. The summed E-state index contributed by atoms with van der Waals surface area (Å²) in [6, 6.07) is 35.6. The molecule has 2 aromatic heterocycles. The van der Waals surface area contributed by atoms with Crippen molar-refractivity contribution in [3.05, 3.63) is 143 Å². The lowest BCUT2D eigenvalue weighted by molar-refractivity contribution is -0.131. The highest BCUT2D eigenvalue weighted by Gasteiger charge is 2.68. The summed E-state index contributed by atoms with van der Waals surface area (Å²) in [5, 5.41) is 22.3. The number of thiophene rings is 1. The van der Waals surface area contributed by atoms with Crippen molar-refractivity contribution in [2.24, 2.45) is 36.1 Å². The summed E-state index contributed by atoms with van der Waals surface area (Å²) < 4.78 is 2.64. The molecule has 0 bridgehead atoms. The Bertz CT molecular complexity index is 3100. The number of carbonyl (C=O) groups is 4. The molecule has 7 aromatic rings. The molecule has 0 radical (unpaired) electrons. The van der Waals surface area contributed by atoms with E-state index in [2.05, 4.69) is 11.4 Å². The summed E-state index contributed by atoms with van der Waals surface area (Å²) in [5.74, 6) is -4.18. The average molecular weight is 858 g/mol. The molecule has 5 aromatic carbocycles. The fraction of sp³-hybridized carbons (Fsp3) is 0.220. The SMILES string of the molecule is Cc1c(-c2cc(N3C(=O)[C@@H]4C[C@@H]5C(=CC[C@@H]6C(=O)N(c7ccc(Nc8ccccc8)cc7)C(=O)[C@@H]65)[C@H](c5ccc(O)c6ccccc56)[C@]4(C)C3=O)n(C)n2)sc2ccc(Cl)cc12. The van der Waals surface area contributed by atoms with Crippen LogP contribution in [-0.2, 0) is 26.2 Å². The maximum absolute atomic E-state index is 15.4. The van der Waals surface area contributed by atoms with Crippen molar-refractivity contribution in [3.63, 3.8) is 0 Å². The van der Waals surface area contributed by atoms with Crippen LogP contribution in [0.4, 0.5) is 22.9 Å². The Kier molecular flexibility index (Phi) is 8.65. The van der Waals surface area contributed by atoms with Crippen LogP contribution >= 0.6 is 22.9 Å². The van der Waals surface area contributed by atoms with Crippen LogP contribution in [0, 0.1) is 36.0 Å². The monoisotopic (exact) mass is 857 g/mol. The summed E-state index contributed by atoms with van der Waals surface area (Å²) in [4.78, 5) is 63.3. The van der Waals surface area contributed by atoms with Gasteiger partial charge in [-0.05, 0) is 115 Å². The number of amides is 4. The van der Waals surface area contributed by atoms with E-state index in [0.29, 0.717) is 34.0 Å². The van der Waals surface area contributed by atoms with E-state index in [-0.39, 0.29) is 35.8 Å². The molecule has 2 aliphatic heterocycles. The van der Waals surface area contributed by atoms with Crippen LogP contribution in [0.3, 0.4) is 0 Å². The van der Waals surface area contributed by atoms with Crippen molar-refractivity contribution in [1.29, 1.82) is 0 Å². The highest BCUT2D eigenvalue weighted by atomic mass is 35.5. The van der Waals surface area contributed by atoms with Crippen LogP contribution in [0.5, 0.6) is 5.75 Å². The summed E-state index contributed by atoms with van der Waals surface area (Å²) in [6.45, 7) is 3.90. The summed E-state index contributed by atoms with van der Waals surface area (Å²) >= 11 is 7.94. The number of phenols is 1. The first-order chi connectivity index (χ1) is 29.9. The molecule has 308 valence electrons. The number of fused-ring (bicyclic) bond motifs is 6. The van der Waals surface area contributed by atoms with Crippen molar-refractivity contribution < 1.29 is 24.3 Å². The molecule has 2 aliphatic carbocycles. The van der Waals surface area contributed by atoms with Gasteiger partial charge in [0.15, 0.2) is 0 Å². The standard InChI is InChI=1S/C50H40ClN5O5S/c1-26-36-23-27(51)13-22-41(36)62-45(26)39-25-42(54(3)53-39)56-47(59)38-24-37-34(44(50(38,2)49(56)61)33-20-21-40(57)32-12-8-7-11-31(32)33)18-19-35-43(37)48(60)55(46(35)58)30-16-14-29(15-17-30)52-28-9-5-4-6-10-28/h4-18,20-23,25,35,37-38,43-44,52,57H,19,24H2,1-3H3/t35-,37+,38-,43-,44-,50+/m0/s1. The van der Waals surface area contributed by atoms with E-state index in [1.807, 2.05) is 105 Å². The zero-order valence-corrected chi connectivity index (χ0v) is 35.6. The average Bonchev–Trinajstić information content (AvgIpc) is 3.95. The van der Waals surface area contributed by atoms with Crippen LogP contribution in [0.2, 0.25) is 5.02 Å². The third-order valence-electron chi connectivity index (χ3n) is 13.9. The topological polar surface area (TPSA) is 125 Å². The number of anilines is 4. The number of allylic oxidation sites excluding steroid dienone is 2. The second kappa shape index (κ2) is 14.0. The number of nitrogens with zero attached hydrogens (tertiary/aromatic N) is 4. The van der Waals surface area contributed by atoms with Crippen LogP contribution in [-0.4, -0.2) is 38.5 Å². The zero-order chi connectivity index (χ0) is 42.8. The number of rotatable bonds is 6. The van der Waals surface area contributed by atoms with E-state index in [9.17, 15) is 14.7 Å². The summed E-state index contributed by atoms with van der Waals surface area (Å²) in [7, 11) is 1.74. The molecule has 4 aliphatic rings. The highest BCUT2D eigenvalue weighted by molar-refractivity contribution is 7.22. The number of aromatic nitrogens is 2. The fourth-order valence-corrected chi connectivity index (χ4v) is 12.3. The van der Waals surface area contributed by atoms with Crippen molar-refractivity contribution in [2.45, 2.75) is 32.6 Å². The molecule has 0 spiro atoms. The number of carbonyl (C=O) groups excluding carboxylic acids is 4. The number of phenolic OH excluding ortho intramolecular Hbond substituents is 1. The largest absolute Gasteiger partial charge is 0.507 e. The van der Waals surface area contributed by atoms with E-state index in [0.717, 1.165) is 48.4 Å². The molecule has 0 unspecified atom stereocenters. The summed E-state index contributed by atoms with van der Waals surface area (Å²) in [5.41, 5.74) is 4.23. The second-order valence-electron chi connectivity index (χ2n) is 17.1. The number of para-hydroxylation sites is 1. The number of halogens is 1. The molecule has 4 heterocycles. The Morgan fingerprint density at radius 2 is 1.52 bits per heavy atom. The summed E-state index contributed by atoms with van der Waals surface area (Å²) in [6.07, 6.45) is 2.58. The molecule has 4 amide bonds. The van der Waals surface area contributed by atoms with Crippen molar-refractivity contribution in [3.8, 4) is 16.3 Å². The molecule has 62 heavy (non-hydrogen) atoms. The molecule has 11 rings (SSSR count). The van der Waals surface area contributed by atoms with E-state index in [4.69, 9.17) is 16.7 Å². The molecule has 3 fully saturated rings. The van der Waals surface area contributed by atoms with Gasteiger partial charge in [0, 0.05) is 45.5 Å². The highest BCUT2D eigenvalue weighted by Crippen LogP contribution is 2.64. The molecule has 12 heteroatoms. The van der Waals surface area contributed by atoms with Gasteiger partial charge >= 0.3 is 0 Å². The van der Waals surface area contributed by atoms with E-state index in [1.54, 1.807) is 47.3 Å². The molecule has 2 saturated heterocycles. The lowest BCUT2D eigenvalue weighted by Gasteiger charge is -2.49. The van der Waals surface area contributed by atoms with Gasteiger partial charge in [0.1, 0.15) is 17.3 Å². The van der Waals surface area contributed by atoms with E-state index >= 15 is 9.59 Å². The van der Waals surface area contributed by atoms with E-state index < -0.39 is 35.0 Å². The number of benzene rings is 5. The minimum absolute atomic E-state index is 0.102. The number of hydrogen-bond donors (Lipinski definition) is 2. The Morgan fingerprint density at radius 1 is 0.790 bits per heavy atom. The molecule has 2 N–H and O–H groups in total. The minimum atomic E-state index is -1.28. The lowest BCUT2D eigenvalue weighted by atomic mass is 9.51. The third-order valence-corrected chi connectivity index (χ3v) is 15.5. The predicted octanol–water partition coefficient (Wildman–Crippen LogP) is 10.3. The first-order valence-electron chi connectivity index (χ1n) is 20.8.